The first-order valence-electron chi connectivity index (χ1n) is 10.8. The zero-order chi connectivity index (χ0) is 20.2. The molecule has 1 saturated carbocycles. The van der Waals surface area contributed by atoms with Crippen molar-refractivity contribution in [1.29, 1.82) is 0 Å². The maximum absolute atomic E-state index is 12.5. The van der Waals surface area contributed by atoms with Crippen LogP contribution in [0.1, 0.15) is 32.1 Å². The van der Waals surface area contributed by atoms with Crippen LogP contribution in [0.15, 0.2) is 36.4 Å². The molecule has 0 aromatic heterocycles. The quantitative estimate of drug-likeness (QED) is 0.693. The largest absolute Gasteiger partial charge is 0.368 e. The first kappa shape index (κ1) is 20.3. The maximum Gasteiger partial charge on any atom is 0.222 e. The van der Waals surface area contributed by atoms with Crippen molar-refractivity contribution < 1.29 is 9.59 Å². The smallest absolute Gasteiger partial charge is 0.222 e. The molecule has 5 nitrogen and oxygen atoms in total. The number of anilines is 1. The summed E-state index contributed by atoms with van der Waals surface area (Å²) >= 11 is 6.07. The predicted octanol–water partition coefficient (Wildman–Crippen LogP) is 3.49. The third-order valence-corrected chi connectivity index (χ3v) is 6.81. The average Bonchev–Trinajstić information content (AvgIpc) is 3.36. The summed E-state index contributed by atoms with van der Waals surface area (Å²) in [6, 6.07) is 7.84. The van der Waals surface area contributed by atoms with Gasteiger partial charge in [-0.05, 0) is 55.2 Å². The summed E-state index contributed by atoms with van der Waals surface area (Å²) in [7, 11) is 0. The summed E-state index contributed by atoms with van der Waals surface area (Å²) in [5, 5.41) is 3.81. The Hall–Kier alpha value is -2.01. The highest BCUT2D eigenvalue weighted by Crippen LogP contribution is 2.42. The number of nitrogens with one attached hydrogen (secondary N) is 1. The van der Waals surface area contributed by atoms with Gasteiger partial charge in [-0.25, -0.2) is 0 Å². The zero-order valence-corrected chi connectivity index (χ0v) is 17.6. The number of piperazine rings is 1. The number of allylic oxidation sites excluding steroid dienone is 2. The van der Waals surface area contributed by atoms with Crippen LogP contribution in [-0.2, 0) is 9.59 Å². The van der Waals surface area contributed by atoms with Gasteiger partial charge in [0.15, 0.2) is 0 Å². The van der Waals surface area contributed by atoms with E-state index in [4.69, 9.17) is 11.6 Å². The molecule has 1 saturated heterocycles. The lowest BCUT2D eigenvalue weighted by molar-refractivity contribution is -0.131. The van der Waals surface area contributed by atoms with Gasteiger partial charge in [0.1, 0.15) is 0 Å². The molecule has 2 fully saturated rings. The van der Waals surface area contributed by atoms with Gasteiger partial charge in [0.2, 0.25) is 11.8 Å². The van der Waals surface area contributed by atoms with Crippen LogP contribution >= 0.6 is 11.6 Å². The molecule has 0 unspecified atom stereocenters. The Kier molecular flexibility index (Phi) is 6.43. The summed E-state index contributed by atoms with van der Waals surface area (Å²) in [6.07, 6.45) is 8.61. The van der Waals surface area contributed by atoms with E-state index in [2.05, 4.69) is 28.4 Å². The minimum absolute atomic E-state index is 0.0790. The van der Waals surface area contributed by atoms with E-state index < -0.39 is 0 Å². The van der Waals surface area contributed by atoms with Gasteiger partial charge >= 0.3 is 0 Å². The number of amides is 2. The summed E-state index contributed by atoms with van der Waals surface area (Å²) in [4.78, 5) is 28.8. The minimum Gasteiger partial charge on any atom is -0.368 e. The molecule has 29 heavy (non-hydrogen) atoms. The fraction of sp³-hybridized carbons (Fsp3) is 0.565. The second kappa shape index (κ2) is 9.21. The van der Waals surface area contributed by atoms with Gasteiger partial charge in [-0.1, -0.05) is 29.8 Å². The molecule has 1 N–H and O–H groups in total. The van der Waals surface area contributed by atoms with Crippen molar-refractivity contribution in [3.8, 4) is 0 Å². The molecule has 1 aliphatic heterocycles. The van der Waals surface area contributed by atoms with Crippen LogP contribution in [0.5, 0.6) is 0 Å². The predicted molar refractivity (Wildman–Crippen MR) is 116 cm³/mol. The van der Waals surface area contributed by atoms with E-state index >= 15 is 0 Å². The van der Waals surface area contributed by atoms with Gasteiger partial charge in [-0.15, -0.1) is 0 Å². The number of fused-ring (bicyclic) bond motifs is 2. The summed E-state index contributed by atoms with van der Waals surface area (Å²) in [6.45, 7) is 3.84. The monoisotopic (exact) mass is 415 g/mol. The molecule has 0 radical (unpaired) electrons. The molecule has 2 aliphatic carbocycles. The fourth-order valence-electron chi connectivity index (χ4n) is 4.91. The number of nitrogens with zero attached hydrogens (tertiary/aromatic N) is 2. The highest BCUT2D eigenvalue weighted by atomic mass is 35.5. The first-order chi connectivity index (χ1) is 14.1. The van der Waals surface area contributed by atoms with E-state index in [1.54, 1.807) is 0 Å². The zero-order valence-electron chi connectivity index (χ0n) is 16.9. The normalized spacial score (nSPS) is 25.5. The number of halogens is 1. The lowest BCUT2D eigenvalue weighted by Crippen LogP contribution is -2.48. The maximum atomic E-state index is 12.5. The summed E-state index contributed by atoms with van der Waals surface area (Å²) in [5.41, 5.74) is 1.10. The van der Waals surface area contributed by atoms with Crippen LogP contribution < -0.4 is 10.2 Å². The van der Waals surface area contributed by atoms with Crippen molar-refractivity contribution >= 4 is 29.1 Å². The van der Waals surface area contributed by atoms with Gasteiger partial charge in [0.05, 0.1) is 0 Å². The Labute approximate surface area is 178 Å². The van der Waals surface area contributed by atoms with Gasteiger partial charge in [-0.2, -0.15) is 0 Å². The van der Waals surface area contributed by atoms with E-state index in [0.29, 0.717) is 31.1 Å². The Balaban J connectivity index is 1.11. The van der Waals surface area contributed by atoms with Crippen LogP contribution in [0.2, 0.25) is 5.02 Å². The standard InChI is InChI=1S/C23H30ClN3O2/c24-20-3-1-4-21(15-20)26-9-11-27(12-10-26)23(29)6-2-5-22(28)25-16-19-14-17-7-8-18(19)13-17/h1,3-4,7-8,15,17-19H,2,5-6,9-14,16H2,(H,25,28)/t17-,18+,19-/m0/s1. The second-order valence-corrected chi connectivity index (χ2v) is 8.98. The number of rotatable bonds is 7. The molecule has 4 rings (SSSR count). The van der Waals surface area contributed by atoms with E-state index in [1.165, 1.54) is 12.8 Å². The second-order valence-electron chi connectivity index (χ2n) is 8.55. The molecule has 3 aliphatic rings. The lowest BCUT2D eigenvalue weighted by Gasteiger charge is -2.36. The van der Waals surface area contributed by atoms with Crippen molar-refractivity contribution in [2.24, 2.45) is 17.8 Å². The Morgan fingerprint density at radius 3 is 2.59 bits per heavy atom. The van der Waals surface area contributed by atoms with Gasteiger partial charge in [0.25, 0.3) is 0 Å². The molecule has 1 aromatic carbocycles. The minimum atomic E-state index is 0.0790. The van der Waals surface area contributed by atoms with Crippen molar-refractivity contribution in [2.75, 3.05) is 37.6 Å². The summed E-state index contributed by atoms with van der Waals surface area (Å²) in [5.74, 6) is 2.23. The molecular formula is C23H30ClN3O2. The number of carbonyl (C=O) groups is 2. The molecular weight excluding hydrogens is 386 g/mol. The van der Waals surface area contributed by atoms with Crippen molar-refractivity contribution in [2.45, 2.75) is 32.1 Å². The molecule has 1 aromatic rings. The van der Waals surface area contributed by atoms with Crippen molar-refractivity contribution in [3.63, 3.8) is 0 Å². The van der Waals surface area contributed by atoms with Crippen LogP contribution in [0.3, 0.4) is 0 Å². The Morgan fingerprint density at radius 1 is 1.07 bits per heavy atom. The van der Waals surface area contributed by atoms with Crippen molar-refractivity contribution in [3.05, 3.63) is 41.4 Å². The number of benzene rings is 1. The number of hydrogen-bond acceptors (Lipinski definition) is 3. The molecule has 2 amide bonds. The third kappa shape index (κ3) is 5.13. The van der Waals surface area contributed by atoms with E-state index in [9.17, 15) is 9.59 Å². The summed E-state index contributed by atoms with van der Waals surface area (Å²) < 4.78 is 0. The van der Waals surface area contributed by atoms with Gasteiger partial charge < -0.3 is 15.1 Å². The number of carbonyl (C=O) groups excluding carboxylic acids is 2. The average molecular weight is 416 g/mol. The highest BCUT2D eigenvalue weighted by molar-refractivity contribution is 6.30. The van der Waals surface area contributed by atoms with Crippen LogP contribution in [0.4, 0.5) is 5.69 Å². The van der Waals surface area contributed by atoms with Crippen LogP contribution in [-0.4, -0.2) is 49.4 Å². The van der Waals surface area contributed by atoms with Gasteiger partial charge in [-0.3, -0.25) is 9.59 Å². The van der Waals surface area contributed by atoms with E-state index in [0.717, 1.165) is 49.4 Å². The fourth-order valence-corrected chi connectivity index (χ4v) is 5.09. The lowest BCUT2D eigenvalue weighted by atomic mass is 9.93. The topological polar surface area (TPSA) is 52.7 Å². The Morgan fingerprint density at radius 2 is 1.90 bits per heavy atom. The van der Waals surface area contributed by atoms with Crippen LogP contribution in [0, 0.1) is 17.8 Å². The van der Waals surface area contributed by atoms with E-state index in [1.807, 2.05) is 23.1 Å². The highest BCUT2D eigenvalue weighted by Gasteiger charge is 2.35. The molecule has 6 heteroatoms. The molecule has 156 valence electrons. The van der Waals surface area contributed by atoms with Gasteiger partial charge in [0, 0.05) is 56.3 Å². The first-order valence-corrected chi connectivity index (χ1v) is 11.2. The molecule has 3 atom stereocenters. The third-order valence-electron chi connectivity index (χ3n) is 6.58. The molecule has 0 spiro atoms. The number of hydrogen-bond donors (Lipinski definition) is 1. The van der Waals surface area contributed by atoms with Crippen molar-refractivity contribution in [1.82, 2.24) is 10.2 Å². The molecule has 1 heterocycles. The molecule has 2 bridgehead atoms. The SMILES string of the molecule is O=C(CCCC(=O)N1CCN(c2cccc(Cl)c2)CC1)NC[C@@H]1C[C@H]2C=C[C@@H]1C2. The van der Waals surface area contributed by atoms with E-state index in [-0.39, 0.29) is 11.8 Å². The Bertz CT molecular complexity index is 773. The van der Waals surface area contributed by atoms with Crippen LogP contribution in [0.25, 0.3) is 0 Å².